The van der Waals surface area contributed by atoms with Gasteiger partial charge in [-0.3, -0.25) is 9.59 Å². The standard InChI is InChI=1S/C19H23N3O4/c1-25-16-4-2-3-14(9-16)10-19(24)22-7-8-26-17(12-22)6-5-15-11-18(23)21-13-20-15/h2-4,9,11,13,17H,5-8,10,12H2,1H3,(H,20,21,23). The van der Waals surface area contributed by atoms with Gasteiger partial charge in [-0.15, -0.1) is 0 Å². The number of aryl methyl sites for hydroxylation is 1. The second kappa shape index (κ2) is 8.62. The van der Waals surface area contributed by atoms with Crippen molar-refractivity contribution in [2.24, 2.45) is 0 Å². The fraction of sp³-hybridized carbons (Fsp3) is 0.421. The van der Waals surface area contributed by atoms with E-state index in [4.69, 9.17) is 9.47 Å². The molecule has 1 aliphatic heterocycles. The first kappa shape index (κ1) is 18.1. The van der Waals surface area contributed by atoms with Gasteiger partial charge in [0.25, 0.3) is 5.56 Å². The molecule has 0 bridgehead atoms. The van der Waals surface area contributed by atoms with Crippen molar-refractivity contribution in [2.75, 3.05) is 26.8 Å². The molecule has 0 saturated carbocycles. The van der Waals surface area contributed by atoms with Crippen molar-refractivity contribution in [1.82, 2.24) is 14.9 Å². The Morgan fingerprint density at radius 2 is 2.31 bits per heavy atom. The largest absolute Gasteiger partial charge is 0.497 e. The number of hydrogen-bond donors (Lipinski definition) is 1. The van der Waals surface area contributed by atoms with Crippen LogP contribution in [0.15, 0.2) is 41.5 Å². The van der Waals surface area contributed by atoms with Gasteiger partial charge in [0, 0.05) is 24.8 Å². The molecule has 1 fully saturated rings. The molecule has 2 aromatic rings. The lowest BCUT2D eigenvalue weighted by atomic mass is 10.1. The van der Waals surface area contributed by atoms with E-state index < -0.39 is 0 Å². The lowest BCUT2D eigenvalue weighted by molar-refractivity contribution is -0.138. The highest BCUT2D eigenvalue weighted by atomic mass is 16.5. The number of methoxy groups -OCH3 is 1. The van der Waals surface area contributed by atoms with E-state index in [1.54, 1.807) is 7.11 Å². The lowest BCUT2D eigenvalue weighted by Crippen LogP contribution is -2.46. The van der Waals surface area contributed by atoms with Crippen LogP contribution in [0.2, 0.25) is 0 Å². The van der Waals surface area contributed by atoms with Gasteiger partial charge >= 0.3 is 0 Å². The number of nitrogens with zero attached hydrogens (tertiary/aromatic N) is 2. The molecule has 0 radical (unpaired) electrons. The van der Waals surface area contributed by atoms with E-state index in [1.165, 1.54) is 12.4 Å². The Bertz CT molecular complexity index is 805. The minimum absolute atomic E-state index is 0.0425. The Hall–Kier alpha value is -2.67. The number of amides is 1. The molecule has 138 valence electrons. The molecule has 1 atom stereocenters. The van der Waals surface area contributed by atoms with Crippen molar-refractivity contribution in [3.05, 3.63) is 58.3 Å². The first-order chi connectivity index (χ1) is 12.6. The van der Waals surface area contributed by atoms with Crippen molar-refractivity contribution in [3.63, 3.8) is 0 Å². The van der Waals surface area contributed by atoms with Crippen LogP contribution in [0.1, 0.15) is 17.7 Å². The zero-order valence-electron chi connectivity index (χ0n) is 14.8. The fourth-order valence-electron chi connectivity index (χ4n) is 3.04. The van der Waals surface area contributed by atoms with E-state index in [0.717, 1.165) is 23.4 Å². The third-order valence-electron chi connectivity index (χ3n) is 4.44. The number of aromatic amines is 1. The number of morpholine rings is 1. The van der Waals surface area contributed by atoms with Gasteiger partial charge in [0.1, 0.15) is 5.75 Å². The summed E-state index contributed by atoms with van der Waals surface area (Å²) in [5.74, 6) is 0.835. The highest BCUT2D eigenvalue weighted by Gasteiger charge is 2.24. The number of nitrogens with one attached hydrogen (secondary N) is 1. The van der Waals surface area contributed by atoms with Gasteiger partial charge in [0.2, 0.25) is 5.91 Å². The van der Waals surface area contributed by atoms with E-state index in [2.05, 4.69) is 9.97 Å². The molecule has 1 unspecified atom stereocenters. The number of carbonyl (C=O) groups excluding carboxylic acids is 1. The molecular weight excluding hydrogens is 334 g/mol. The maximum absolute atomic E-state index is 12.6. The number of H-pyrrole nitrogens is 1. The molecular formula is C19H23N3O4. The Labute approximate surface area is 152 Å². The van der Waals surface area contributed by atoms with Crippen LogP contribution in [-0.2, 0) is 22.4 Å². The maximum atomic E-state index is 12.6. The average molecular weight is 357 g/mol. The van der Waals surface area contributed by atoms with Gasteiger partial charge in [0.05, 0.1) is 32.6 Å². The molecule has 7 nitrogen and oxygen atoms in total. The van der Waals surface area contributed by atoms with Crippen LogP contribution in [0.5, 0.6) is 5.75 Å². The van der Waals surface area contributed by atoms with Crippen LogP contribution >= 0.6 is 0 Å². The summed E-state index contributed by atoms with van der Waals surface area (Å²) in [5, 5.41) is 0. The minimum atomic E-state index is -0.158. The molecule has 0 spiro atoms. The number of hydrogen-bond acceptors (Lipinski definition) is 5. The molecule has 26 heavy (non-hydrogen) atoms. The molecule has 3 rings (SSSR count). The van der Waals surface area contributed by atoms with Crippen molar-refractivity contribution in [2.45, 2.75) is 25.4 Å². The number of rotatable bonds is 6. The van der Waals surface area contributed by atoms with Gasteiger partial charge in [-0.2, -0.15) is 0 Å². The van der Waals surface area contributed by atoms with Crippen LogP contribution < -0.4 is 10.3 Å². The summed E-state index contributed by atoms with van der Waals surface area (Å²) >= 11 is 0. The smallest absolute Gasteiger partial charge is 0.250 e. The molecule has 1 aromatic carbocycles. The Balaban J connectivity index is 1.53. The van der Waals surface area contributed by atoms with Gasteiger partial charge < -0.3 is 19.4 Å². The van der Waals surface area contributed by atoms with Gasteiger partial charge in [-0.1, -0.05) is 12.1 Å². The fourth-order valence-corrected chi connectivity index (χ4v) is 3.04. The molecule has 1 saturated heterocycles. The highest BCUT2D eigenvalue weighted by molar-refractivity contribution is 5.79. The van der Waals surface area contributed by atoms with E-state index in [0.29, 0.717) is 32.5 Å². The van der Waals surface area contributed by atoms with E-state index in [1.807, 2.05) is 29.2 Å². The van der Waals surface area contributed by atoms with Crippen LogP contribution in [0.3, 0.4) is 0 Å². The van der Waals surface area contributed by atoms with E-state index >= 15 is 0 Å². The van der Waals surface area contributed by atoms with Crippen molar-refractivity contribution < 1.29 is 14.3 Å². The van der Waals surface area contributed by atoms with Gasteiger partial charge in [0.15, 0.2) is 0 Å². The summed E-state index contributed by atoms with van der Waals surface area (Å²) in [6.07, 6.45) is 3.08. The molecule has 1 amide bonds. The average Bonchev–Trinajstić information content (AvgIpc) is 2.67. The van der Waals surface area contributed by atoms with Gasteiger partial charge in [-0.05, 0) is 30.5 Å². The summed E-state index contributed by atoms with van der Waals surface area (Å²) in [5.41, 5.74) is 1.51. The highest BCUT2D eigenvalue weighted by Crippen LogP contribution is 2.16. The predicted molar refractivity (Wildman–Crippen MR) is 96.2 cm³/mol. The molecule has 2 heterocycles. The third-order valence-corrected chi connectivity index (χ3v) is 4.44. The SMILES string of the molecule is COc1cccc(CC(=O)N2CCOC(CCc3cc(=O)[nH]cn3)C2)c1. The second-order valence-corrected chi connectivity index (χ2v) is 6.30. The lowest BCUT2D eigenvalue weighted by Gasteiger charge is -2.33. The zero-order chi connectivity index (χ0) is 18.4. The topological polar surface area (TPSA) is 84.5 Å². The Kier molecular flexibility index (Phi) is 6.01. The summed E-state index contributed by atoms with van der Waals surface area (Å²) in [4.78, 5) is 32.4. The van der Waals surface area contributed by atoms with Crippen LogP contribution in [0.4, 0.5) is 0 Å². The van der Waals surface area contributed by atoms with E-state index in [9.17, 15) is 9.59 Å². The molecule has 1 aromatic heterocycles. The summed E-state index contributed by atoms with van der Waals surface area (Å²) in [7, 11) is 1.61. The Morgan fingerprint density at radius 1 is 1.42 bits per heavy atom. The van der Waals surface area contributed by atoms with E-state index in [-0.39, 0.29) is 17.6 Å². The Morgan fingerprint density at radius 3 is 3.12 bits per heavy atom. The maximum Gasteiger partial charge on any atom is 0.250 e. The summed E-state index contributed by atoms with van der Waals surface area (Å²) in [6.45, 7) is 1.69. The number of aromatic nitrogens is 2. The number of ether oxygens (including phenoxy) is 2. The zero-order valence-corrected chi connectivity index (χ0v) is 14.8. The first-order valence-corrected chi connectivity index (χ1v) is 8.70. The van der Waals surface area contributed by atoms with Crippen LogP contribution in [-0.4, -0.2) is 53.7 Å². The second-order valence-electron chi connectivity index (χ2n) is 6.30. The first-order valence-electron chi connectivity index (χ1n) is 8.70. The van der Waals surface area contributed by atoms with Crippen LogP contribution in [0, 0.1) is 0 Å². The molecule has 7 heteroatoms. The van der Waals surface area contributed by atoms with Crippen molar-refractivity contribution in [3.8, 4) is 5.75 Å². The number of carbonyl (C=O) groups is 1. The van der Waals surface area contributed by atoms with Crippen molar-refractivity contribution in [1.29, 1.82) is 0 Å². The third kappa shape index (κ3) is 4.92. The number of benzene rings is 1. The monoisotopic (exact) mass is 357 g/mol. The quantitative estimate of drug-likeness (QED) is 0.839. The predicted octanol–water partition coefficient (Wildman–Crippen LogP) is 1.18. The summed E-state index contributed by atoms with van der Waals surface area (Å²) < 4.78 is 11.0. The summed E-state index contributed by atoms with van der Waals surface area (Å²) in [6, 6.07) is 9.06. The molecule has 0 aliphatic carbocycles. The van der Waals surface area contributed by atoms with Crippen molar-refractivity contribution >= 4 is 5.91 Å². The van der Waals surface area contributed by atoms with Crippen LogP contribution in [0.25, 0.3) is 0 Å². The van der Waals surface area contributed by atoms with Gasteiger partial charge in [-0.25, -0.2) is 4.98 Å². The normalized spacial score (nSPS) is 17.1. The molecule has 1 aliphatic rings. The molecule has 1 N–H and O–H groups in total. The minimum Gasteiger partial charge on any atom is -0.497 e.